The number of nitrogens with one attached hydrogen (secondary N) is 1. The molecule has 1 aromatic carbocycles. The van der Waals surface area contributed by atoms with Gasteiger partial charge in [0.15, 0.2) is 0 Å². The molecule has 0 unspecified atom stereocenters. The maximum absolute atomic E-state index is 9.61. The fourth-order valence-corrected chi connectivity index (χ4v) is 1.61. The lowest BCUT2D eigenvalue weighted by molar-refractivity contribution is 0.478. The lowest BCUT2D eigenvalue weighted by atomic mass is 10.3. The highest BCUT2D eigenvalue weighted by Gasteiger charge is 2.02. The minimum Gasteiger partial charge on any atom is -0.506 e. The van der Waals surface area contributed by atoms with Crippen LogP contribution in [0.15, 0.2) is 35.3 Å². The fourth-order valence-electron chi connectivity index (χ4n) is 1.61. The lowest BCUT2D eigenvalue weighted by Crippen LogP contribution is -2.22. The van der Waals surface area contributed by atoms with Crippen LogP contribution >= 0.6 is 0 Å². The van der Waals surface area contributed by atoms with Gasteiger partial charge in [-0.15, -0.1) is 0 Å². The van der Waals surface area contributed by atoms with Crippen molar-refractivity contribution in [3.63, 3.8) is 0 Å². The quantitative estimate of drug-likeness (QED) is 0.433. The zero-order valence-electron chi connectivity index (χ0n) is 10.8. The number of phenolic OH excluding ortho intramolecular Hbond substituents is 1. The van der Waals surface area contributed by atoms with E-state index in [0.717, 1.165) is 11.4 Å². The third-order valence-electron chi connectivity index (χ3n) is 2.36. The van der Waals surface area contributed by atoms with Crippen LogP contribution in [0.2, 0.25) is 0 Å². The number of guanidine groups is 1. The molecule has 0 fully saturated rings. The second-order valence-electron chi connectivity index (χ2n) is 4.09. The van der Waals surface area contributed by atoms with Gasteiger partial charge in [0.1, 0.15) is 5.75 Å². The molecule has 2 rings (SSSR count). The Bertz CT molecular complexity index is 604. The molecule has 19 heavy (non-hydrogen) atoms. The van der Waals surface area contributed by atoms with Crippen LogP contribution in [0.5, 0.6) is 5.75 Å². The molecule has 0 atom stereocenters. The van der Waals surface area contributed by atoms with Crippen molar-refractivity contribution in [2.24, 2.45) is 10.7 Å². The second-order valence-corrected chi connectivity index (χ2v) is 4.09. The van der Waals surface area contributed by atoms with Gasteiger partial charge in [0.2, 0.25) is 5.96 Å². The number of nitrogens with zero attached hydrogens (tertiary/aromatic N) is 3. The first-order valence-electron chi connectivity index (χ1n) is 5.76. The number of aryl methyl sites for hydroxylation is 2. The molecule has 98 valence electrons. The van der Waals surface area contributed by atoms with Crippen LogP contribution in [0.3, 0.4) is 0 Å². The third kappa shape index (κ3) is 3.41. The number of anilines is 1. The van der Waals surface area contributed by atoms with Crippen LogP contribution < -0.4 is 11.1 Å². The van der Waals surface area contributed by atoms with Crippen molar-refractivity contribution in [2.45, 2.75) is 13.8 Å². The summed E-state index contributed by atoms with van der Waals surface area (Å²) in [6.07, 6.45) is 0. The van der Waals surface area contributed by atoms with Crippen LogP contribution in [-0.2, 0) is 0 Å². The highest BCUT2D eigenvalue weighted by molar-refractivity contribution is 5.94. The van der Waals surface area contributed by atoms with E-state index < -0.39 is 0 Å². The van der Waals surface area contributed by atoms with E-state index in [9.17, 15) is 5.11 Å². The fraction of sp³-hybridized carbons (Fsp3) is 0.154. The van der Waals surface area contributed by atoms with E-state index in [1.807, 2.05) is 19.9 Å². The molecule has 0 saturated heterocycles. The number of benzene rings is 1. The average Bonchev–Trinajstić information content (AvgIpc) is 2.30. The summed E-state index contributed by atoms with van der Waals surface area (Å²) in [6, 6.07) is 8.61. The van der Waals surface area contributed by atoms with Gasteiger partial charge in [-0.2, -0.15) is 4.99 Å². The monoisotopic (exact) mass is 257 g/mol. The molecular weight excluding hydrogens is 242 g/mol. The lowest BCUT2D eigenvalue weighted by Gasteiger charge is -2.07. The van der Waals surface area contributed by atoms with Gasteiger partial charge in [-0.05, 0) is 32.0 Å². The summed E-state index contributed by atoms with van der Waals surface area (Å²) in [6.45, 7) is 3.72. The topological polar surface area (TPSA) is 96.4 Å². The number of nitrogens with two attached hydrogens (primary N) is 1. The Morgan fingerprint density at radius 2 is 1.84 bits per heavy atom. The van der Waals surface area contributed by atoms with Crippen LogP contribution in [0, 0.1) is 13.8 Å². The Labute approximate surface area is 111 Å². The molecule has 1 heterocycles. The SMILES string of the molecule is Cc1cc(C)nc(N=C(N)Nc2ccccc2O)n1. The van der Waals surface area contributed by atoms with Gasteiger partial charge in [0.25, 0.3) is 5.95 Å². The molecule has 0 bridgehead atoms. The minimum atomic E-state index is 0.0991. The van der Waals surface area contributed by atoms with E-state index in [1.54, 1.807) is 24.3 Å². The molecule has 2 aromatic rings. The van der Waals surface area contributed by atoms with Crippen molar-refractivity contribution >= 4 is 17.6 Å². The van der Waals surface area contributed by atoms with E-state index in [1.165, 1.54) is 0 Å². The van der Waals surface area contributed by atoms with Gasteiger partial charge in [-0.3, -0.25) is 0 Å². The maximum Gasteiger partial charge on any atom is 0.253 e. The summed E-state index contributed by atoms with van der Waals surface area (Å²) in [5.74, 6) is 0.506. The van der Waals surface area contributed by atoms with Gasteiger partial charge < -0.3 is 16.2 Å². The molecule has 0 aliphatic carbocycles. The largest absolute Gasteiger partial charge is 0.506 e. The van der Waals surface area contributed by atoms with Crippen molar-refractivity contribution in [3.05, 3.63) is 41.7 Å². The molecule has 0 radical (unpaired) electrons. The normalized spacial score (nSPS) is 11.4. The molecule has 6 heteroatoms. The predicted octanol–water partition coefficient (Wildman–Crippen LogP) is 1.86. The Balaban J connectivity index is 2.22. The van der Waals surface area contributed by atoms with Crippen LogP contribution in [0.1, 0.15) is 11.4 Å². The Morgan fingerprint density at radius 3 is 2.47 bits per heavy atom. The number of hydrogen-bond acceptors (Lipinski definition) is 4. The van der Waals surface area contributed by atoms with Gasteiger partial charge in [-0.25, -0.2) is 9.97 Å². The van der Waals surface area contributed by atoms with Gasteiger partial charge in [0.05, 0.1) is 5.69 Å². The van der Waals surface area contributed by atoms with Gasteiger partial charge in [-0.1, -0.05) is 12.1 Å². The van der Waals surface area contributed by atoms with E-state index >= 15 is 0 Å². The zero-order chi connectivity index (χ0) is 13.8. The predicted molar refractivity (Wildman–Crippen MR) is 74.5 cm³/mol. The first-order valence-corrected chi connectivity index (χ1v) is 5.76. The molecule has 0 saturated carbocycles. The van der Waals surface area contributed by atoms with Crippen LogP contribution in [0.25, 0.3) is 0 Å². The summed E-state index contributed by atoms with van der Waals surface area (Å²) >= 11 is 0. The van der Waals surface area contributed by atoms with E-state index in [4.69, 9.17) is 5.73 Å². The highest BCUT2D eigenvalue weighted by Crippen LogP contribution is 2.21. The number of aromatic hydroxyl groups is 1. The van der Waals surface area contributed by atoms with Crippen LogP contribution in [-0.4, -0.2) is 21.0 Å². The highest BCUT2D eigenvalue weighted by atomic mass is 16.3. The first-order chi connectivity index (χ1) is 9.04. The number of aliphatic imine (C=N–C) groups is 1. The molecule has 0 spiro atoms. The average molecular weight is 257 g/mol. The molecule has 0 aliphatic rings. The molecule has 1 aromatic heterocycles. The number of para-hydroxylation sites is 2. The summed E-state index contributed by atoms with van der Waals surface area (Å²) < 4.78 is 0. The Morgan fingerprint density at radius 1 is 1.21 bits per heavy atom. The standard InChI is InChI=1S/C13H15N5O/c1-8-7-9(2)16-13(15-8)18-12(14)17-10-5-3-4-6-11(10)19/h3-7,19H,1-2H3,(H3,14,15,16,17,18). The molecular formula is C13H15N5O. The van der Waals surface area contributed by atoms with Crippen molar-refractivity contribution in [2.75, 3.05) is 5.32 Å². The molecule has 0 amide bonds. The van der Waals surface area contributed by atoms with Gasteiger partial charge >= 0.3 is 0 Å². The summed E-state index contributed by atoms with van der Waals surface area (Å²) in [5.41, 5.74) is 7.88. The summed E-state index contributed by atoms with van der Waals surface area (Å²) in [7, 11) is 0. The summed E-state index contributed by atoms with van der Waals surface area (Å²) in [4.78, 5) is 12.4. The Kier molecular flexibility index (Phi) is 3.61. The van der Waals surface area contributed by atoms with Crippen molar-refractivity contribution in [1.29, 1.82) is 0 Å². The number of hydrogen-bond donors (Lipinski definition) is 3. The van der Waals surface area contributed by atoms with Gasteiger partial charge in [0, 0.05) is 11.4 Å². The number of aromatic nitrogens is 2. The second kappa shape index (κ2) is 5.34. The smallest absolute Gasteiger partial charge is 0.253 e. The zero-order valence-corrected chi connectivity index (χ0v) is 10.8. The van der Waals surface area contributed by atoms with E-state index in [0.29, 0.717) is 5.69 Å². The maximum atomic E-state index is 9.61. The van der Waals surface area contributed by atoms with Crippen molar-refractivity contribution in [1.82, 2.24) is 9.97 Å². The van der Waals surface area contributed by atoms with E-state index in [2.05, 4.69) is 20.3 Å². The Hall–Kier alpha value is -2.63. The van der Waals surface area contributed by atoms with Crippen molar-refractivity contribution in [3.8, 4) is 5.75 Å². The number of phenols is 1. The number of rotatable bonds is 2. The molecule has 6 nitrogen and oxygen atoms in total. The molecule has 0 aliphatic heterocycles. The van der Waals surface area contributed by atoms with Crippen LogP contribution in [0.4, 0.5) is 11.6 Å². The summed E-state index contributed by atoms with van der Waals surface area (Å²) in [5, 5.41) is 12.4. The molecule has 4 N–H and O–H groups in total. The van der Waals surface area contributed by atoms with Crippen molar-refractivity contribution < 1.29 is 5.11 Å². The van der Waals surface area contributed by atoms with E-state index in [-0.39, 0.29) is 17.7 Å². The minimum absolute atomic E-state index is 0.0991. The first kappa shape index (κ1) is 12.8. The third-order valence-corrected chi connectivity index (χ3v) is 2.36.